The van der Waals surface area contributed by atoms with Gasteiger partial charge in [-0.05, 0) is 69.1 Å². The first-order valence-corrected chi connectivity index (χ1v) is 7.59. The fourth-order valence-corrected chi connectivity index (χ4v) is 3.17. The summed E-state index contributed by atoms with van der Waals surface area (Å²) in [6.07, 6.45) is 2.65. The maximum Gasteiger partial charge on any atom is 0.0233 e. The van der Waals surface area contributed by atoms with Crippen LogP contribution in [0.3, 0.4) is 0 Å². The number of hydrogen-bond acceptors (Lipinski definition) is 2. The third-order valence-corrected chi connectivity index (χ3v) is 4.27. The van der Waals surface area contributed by atoms with Crippen LogP contribution in [0.1, 0.15) is 24.0 Å². The number of nitrogens with zero attached hydrogens (tertiary/aromatic N) is 1. The fourth-order valence-electron chi connectivity index (χ4n) is 2.70. The highest BCUT2D eigenvalue weighted by Gasteiger charge is 2.15. The molecule has 0 bridgehead atoms. The molecule has 0 aliphatic carbocycles. The van der Waals surface area contributed by atoms with E-state index < -0.39 is 0 Å². The summed E-state index contributed by atoms with van der Waals surface area (Å²) in [5.74, 6) is 0.868. The van der Waals surface area contributed by atoms with Crippen molar-refractivity contribution in [2.24, 2.45) is 5.92 Å². The number of aryl methyl sites for hydroxylation is 1. The van der Waals surface area contributed by atoms with Crippen molar-refractivity contribution in [3.8, 4) is 0 Å². The SMILES string of the molecule is Cc1cc(Br)ccc1CN(C)CC1CCNCC1.Cl. The molecule has 1 aromatic carbocycles. The largest absolute Gasteiger partial charge is 0.317 e. The van der Waals surface area contributed by atoms with Crippen LogP contribution in [0.2, 0.25) is 0 Å². The van der Waals surface area contributed by atoms with Crippen molar-refractivity contribution >= 4 is 28.3 Å². The fraction of sp³-hybridized carbons (Fsp3) is 0.600. The highest BCUT2D eigenvalue weighted by molar-refractivity contribution is 9.10. The molecule has 1 heterocycles. The van der Waals surface area contributed by atoms with Gasteiger partial charge >= 0.3 is 0 Å². The predicted molar refractivity (Wildman–Crippen MR) is 88.1 cm³/mol. The van der Waals surface area contributed by atoms with Crippen LogP contribution >= 0.6 is 28.3 Å². The Morgan fingerprint density at radius 3 is 2.63 bits per heavy atom. The molecule has 1 aliphatic rings. The first kappa shape index (κ1) is 17.0. The maximum absolute atomic E-state index is 3.52. The van der Waals surface area contributed by atoms with Gasteiger partial charge in [0.15, 0.2) is 0 Å². The summed E-state index contributed by atoms with van der Waals surface area (Å²) in [5, 5.41) is 3.43. The Morgan fingerprint density at radius 2 is 2.00 bits per heavy atom. The van der Waals surface area contributed by atoms with Crippen LogP contribution in [0.15, 0.2) is 22.7 Å². The molecule has 108 valence electrons. The standard InChI is InChI=1S/C15H23BrN2.ClH/c1-12-9-15(16)4-3-14(12)11-18(2)10-13-5-7-17-8-6-13;/h3-4,9,13,17H,5-8,10-11H2,1-2H3;1H. The molecule has 2 nitrogen and oxygen atoms in total. The van der Waals surface area contributed by atoms with Crippen LogP contribution < -0.4 is 5.32 Å². The molecule has 0 amide bonds. The normalized spacial score (nSPS) is 16.4. The topological polar surface area (TPSA) is 15.3 Å². The summed E-state index contributed by atoms with van der Waals surface area (Å²) in [5.41, 5.74) is 2.82. The second-order valence-corrected chi connectivity index (χ2v) is 6.38. The van der Waals surface area contributed by atoms with Gasteiger partial charge in [-0.15, -0.1) is 12.4 Å². The van der Waals surface area contributed by atoms with Gasteiger partial charge < -0.3 is 10.2 Å². The smallest absolute Gasteiger partial charge is 0.0233 e. The van der Waals surface area contributed by atoms with Crippen LogP contribution in [0.5, 0.6) is 0 Å². The zero-order valence-electron chi connectivity index (χ0n) is 11.8. The average Bonchev–Trinajstić information content (AvgIpc) is 2.34. The minimum Gasteiger partial charge on any atom is -0.317 e. The highest BCUT2D eigenvalue weighted by atomic mass is 79.9. The van der Waals surface area contributed by atoms with Gasteiger partial charge in [0.25, 0.3) is 0 Å². The molecule has 0 aromatic heterocycles. The van der Waals surface area contributed by atoms with Crippen LogP contribution in [0.25, 0.3) is 0 Å². The van der Waals surface area contributed by atoms with Gasteiger partial charge in [-0.1, -0.05) is 22.0 Å². The van der Waals surface area contributed by atoms with Gasteiger partial charge in [0.05, 0.1) is 0 Å². The Morgan fingerprint density at radius 1 is 1.32 bits per heavy atom. The van der Waals surface area contributed by atoms with Crippen molar-refractivity contribution in [2.75, 3.05) is 26.7 Å². The lowest BCUT2D eigenvalue weighted by Crippen LogP contribution is -2.34. The van der Waals surface area contributed by atoms with Crippen LogP contribution in [-0.4, -0.2) is 31.6 Å². The molecule has 1 N–H and O–H groups in total. The summed E-state index contributed by atoms with van der Waals surface area (Å²) < 4.78 is 1.17. The van der Waals surface area contributed by atoms with Crippen molar-refractivity contribution in [2.45, 2.75) is 26.3 Å². The van der Waals surface area contributed by atoms with E-state index in [1.54, 1.807) is 0 Å². The third kappa shape index (κ3) is 5.42. The molecule has 0 saturated carbocycles. The molecular formula is C15H24BrClN2. The lowest BCUT2D eigenvalue weighted by atomic mass is 9.97. The molecule has 19 heavy (non-hydrogen) atoms. The quantitative estimate of drug-likeness (QED) is 0.895. The third-order valence-electron chi connectivity index (χ3n) is 3.77. The highest BCUT2D eigenvalue weighted by Crippen LogP contribution is 2.18. The van der Waals surface area contributed by atoms with E-state index in [0.29, 0.717) is 0 Å². The summed E-state index contributed by atoms with van der Waals surface area (Å²) in [7, 11) is 2.24. The summed E-state index contributed by atoms with van der Waals surface area (Å²) in [4.78, 5) is 2.46. The van der Waals surface area contributed by atoms with Gasteiger partial charge in [-0.25, -0.2) is 0 Å². The van der Waals surface area contributed by atoms with E-state index in [9.17, 15) is 0 Å². The Bertz CT molecular complexity index is 392. The molecule has 1 aromatic rings. The molecular weight excluding hydrogens is 324 g/mol. The number of hydrogen-bond donors (Lipinski definition) is 1. The van der Waals surface area contributed by atoms with Crippen molar-refractivity contribution in [3.63, 3.8) is 0 Å². The number of nitrogens with one attached hydrogen (secondary N) is 1. The molecule has 1 saturated heterocycles. The number of halogens is 2. The van der Waals surface area contributed by atoms with Gasteiger partial charge in [0.2, 0.25) is 0 Å². The lowest BCUT2D eigenvalue weighted by Gasteiger charge is -2.27. The van der Waals surface area contributed by atoms with Gasteiger partial charge in [-0.2, -0.15) is 0 Å². The molecule has 4 heteroatoms. The van der Waals surface area contributed by atoms with Gasteiger partial charge in [0.1, 0.15) is 0 Å². The van der Waals surface area contributed by atoms with Gasteiger partial charge in [0, 0.05) is 17.6 Å². The molecule has 2 rings (SSSR count). The molecule has 0 unspecified atom stereocenters. The Kier molecular flexibility index (Phi) is 7.37. The molecule has 1 fully saturated rings. The zero-order valence-corrected chi connectivity index (χ0v) is 14.2. The number of rotatable bonds is 4. The number of piperidine rings is 1. The van der Waals surface area contributed by atoms with E-state index in [-0.39, 0.29) is 12.4 Å². The second kappa shape index (κ2) is 8.25. The minimum absolute atomic E-state index is 0. The molecule has 0 radical (unpaired) electrons. The van der Waals surface area contributed by atoms with Crippen LogP contribution in [0.4, 0.5) is 0 Å². The van der Waals surface area contributed by atoms with Crippen molar-refractivity contribution in [1.29, 1.82) is 0 Å². The van der Waals surface area contributed by atoms with E-state index in [1.165, 1.54) is 48.1 Å². The molecule has 0 spiro atoms. The maximum atomic E-state index is 3.52. The first-order chi connectivity index (χ1) is 8.65. The van der Waals surface area contributed by atoms with Crippen LogP contribution in [-0.2, 0) is 6.54 Å². The van der Waals surface area contributed by atoms with E-state index in [2.05, 4.69) is 58.3 Å². The summed E-state index contributed by atoms with van der Waals surface area (Å²) in [6, 6.07) is 6.58. The van der Waals surface area contributed by atoms with Gasteiger partial charge in [-0.3, -0.25) is 0 Å². The number of benzene rings is 1. The van der Waals surface area contributed by atoms with E-state index in [1.807, 2.05) is 0 Å². The van der Waals surface area contributed by atoms with Crippen molar-refractivity contribution in [1.82, 2.24) is 10.2 Å². The summed E-state index contributed by atoms with van der Waals surface area (Å²) in [6.45, 7) is 6.85. The Balaban J connectivity index is 0.00000180. The Hall–Kier alpha value is -0.0900. The van der Waals surface area contributed by atoms with Crippen molar-refractivity contribution < 1.29 is 0 Å². The predicted octanol–water partition coefficient (Wildman–Crippen LogP) is 3.61. The lowest BCUT2D eigenvalue weighted by molar-refractivity contribution is 0.234. The second-order valence-electron chi connectivity index (χ2n) is 5.46. The monoisotopic (exact) mass is 346 g/mol. The van der Waals surface area contributed by atoms with E-state index in [0.717, 1.165) is 12.5 Å². The van der Waals surface area contributed by atoms with Crippen molar-refractivity contribution in [3.05, 3.63) is 33.8 Å². The minimum atomic E-state index is 0. The average molecular weight is 348 g/mol. The van der Waals surface area contributed by atoms with E-state index in [4.69, 9.17) is 0 Å². The molecule has 1 aliphatic heterocycles. The zero-order chi connectivity index (χ0) is 13.0. The van der Waals surface area contributed by atoms with E-state index >= 15 is 0 Å². The summed E-state index contributed by atoms with van der Waals surface area (Å²) >= 11 is 3.52. The first-order valence-electron chi connectivity index (χ1n) is 6.79. The Labute approximate surface area is 131 Å². The molecule has 0 atom stereocenters. The van der Waals surface area contributed by atoms with Crippen LogP contribution in [0, 0.1) is 12.8 Å².